The molecule has 6 heteroatoms. The van der Waals surface area contributed by atoms with Crippen molar-refractivity contribution in [1.82, 2.24) is 10.2 Å². The van der Waals surface area contributed by atoms with Gasteiger partial charge in [0.1, 0.15) is 0 Å². The molecule has 0 radical (unpaired) electrons. The van der Waals surface area contributed by atoms with Gasteiger partial charge in [-0.05, 0) is 24.6 Å². The zero-order chi connectivity index (χ0) is 15.0. The van der Waals surface area contributed by atoms with Crippen molar-refractivity contribution >= 4 is 12.0 Å². The zero-order valence-corrected chi connectivity index (χ0v) is 11.3. The van der Waals surface area contributed by atoms with Gasteiger partial charge in [0, 0.05) is 19.6 Å². The third kappa shape index (κ3) is 4.61. The maximum Gasteiger partial charge on any atom is 0.335 e. The molecule has 0 aliphatic rings. The normalized spacial score (nSPS) is 9.60. The molecule has 0 fully saturated rings. The van der Waals surface area contributed by atoms with E-state index in [0.29, 0.717) is 13.1 Å². The van der Waals surface area contributed by atoms with E-state index < -0.39 is 5.97 Å². The number of amides is 2. The zero-order valence-electron chi connectivity index (χ0n) is 11.3. The van der Waals surface area contributed by atoms with Crippen LogP contribution in [0.1, 0.15) is 29.3 Å². The second kappa shape index (κ2) is 7.79. The van der Waals surface area contributed by atoms with Gasteiger partial charge in [-0.15, -0.1) is 0 Å². The number of hydrogen-bond acceptors (Lipinski definition) is 3. The molecule has 6 nitrogen and oxygen atoms in total. The molecule has 0 heterocycles. The molecular formula is C14H17N3O3. The van der Waals surface area contributed by atoms with E-state index in [0.717, 1.165) is 5.56 Å². The Labute approximate surface area is 117 Å². The van der Waals surface area contributed by atoms with E-state index in [1.54, 1.807) is 12.1 Å². The number of nitrogens with one attached hydrogen (secondary N) is 1. The van der Waals surface area contributed by atoms with Gasteiger partial charge in [-0.2, -0.15) is 5.26 Å². The summed E-state index contributed by atoms with van der Waals surface area (Å²) < 4.78 is 0. The molecule has 0 aromatic heterocycles. The number of carbonyl (C=O) groups is 2. The molecule has 0 saturated carbocycles. The number of carbonyl (C=O) groups excluding carboxylic acids is 1. The van der Waals surface area contributed by atoms with E-state index in [-0.39, 0.29) is 24.6 Å². The van der Waals surface area contributed by atoms with Gasteiger partial charge in [-0.1, -0.05) is 12.1 Å². The molecule has 0 bridgehead atoms. The van der Waals surface area contributed by atoms with Gasteiger partial charge >= 0.3 is 12.0 Å². The average molecular weight is 275 g/mol. The molecule has 2 N–H and O–H groups in total. The van der Waals surface area contributed by atoms with Crippen LogP contribution in [0.15, 0.2) is 24.3 Å². The lowest BCUT2D eigenvalue weighted by molar-refractivity contribution is 0.0696. The number of nitriles is 1. The first kappa shape index (κ1) is 15.5. The van der Waals surface area contributed by atoms with Gasteiger partial charge in [0.2, 0.25) is 0 Å². The molecule has 0 unspecified atom stereocenters. The molecule has 0 atom stereocenters. The first-order valence-electron chi connectivity index (χ1n) is 6.30. The Bertz CT molecular complexity index is 523. The van der Waals surface area contributed by atoms with E-state index in [1.807, 2.05) is 13.0 Å². The average Bonchev–Trinajstić information content (AvgIpc) is 2.46. The fourth-order valence-corrected chi connectivity index (χ4v) is 1.69. The Balaban J connectivity index is 2.58. The van der Waals surface area contributed by atoms with Gasteiger partial charge in [0.05, 0.1) is 18.1 Å². The maximum atomic E-state index is 11.9. The summed E-state index contributed by atoms with van der Waals surface area (Å²) in [7, 11) is 0. The van der Waals surface area contributed by atoms with Crippen molar-refractivity contribution in [2.24, 2.45) is 0 Å². The van der Waals surface area contributed by atoms with E-state index in [4.69, 9.17) is 10.4 Å². The third-order valence-corrected chi connectivity index (χ3v) is 2.78. The van der Waals surface area contributed by atoms with Crippen LogP contribution in [-0.2, 0) is 6.54 Å². The highest BCUT2D eigenvalue weighted by atomic mass is 16.4. The number of rotatable bonds is 6. The fourth-order valence-electron chi connectivity index (χ4n) is 1.69. The first-order valence-corrected chi connectivity index (χ1v) is 6.30. The van der Waals surface area contributed by atoms with E-state index in [2.05, 4.69) is 5.32 Å². The van der Waals surface area contributed by atoms with Crippen LogP contribution in [0.4, 0.5) is 4.79 Å². The molecule has 1 aromatic rings. The minimum atomic E-state index is -0.998. The predicted molar refractivity (Wildman–Crippen MR) is 73.1 cm³/mol. The number of hydrogen-bond donors (Lipinski definition) is 2. The molecule has 1 aromatic carbocycles. The maximum absolute atomic E-state index is 11.9. The molecule has 2 amide bonds. The number of benzene rings is 1. The highest BCUT2D eigenvalue weighted by Crippen LogP contribution is 2.05. The molecule has 0 saturated heterocycles. The number of urea groups is 1. The molecule has 0 aliphatic heterocycles. The van der Waals surface area contributed by atoms with Crippen molar-refractivity contribution in [2.75, 3.05) is 13.1 Å². The number of carboxylic acids is 1. The Hall–Kier alpha value is -2.55. The summed E-state index contributed by atoms with van der Waals surface area (Å²) in [6, 6.07) is 8.14. The molecule has 0 spiro atoms. The Kier molecular flexibility index (Phi) is 6.04. The minimum absolute atomic E-state index is 0.188. The van der Waals surface area contributed by atoms with Crippen LogP contribution in [0, 0.1) is 11.3 Å². The second-order valence-corrected chi connectivity index (χ2v) is 4.15. The summed E-state index contributed by atoms with van der Waals surface area (Å²) in [4.78, 5) is 24.2. The smallest absolute Gasteiger partial charge is 0.335 e. The molecular weight excluding hydrogens is 258 g/mol. The van der Waals surface area contributed by atoms with Gasteiger partial charge in [0.15, 0.2) is 0 Å². The lowest BCUT2D eigenvalue weighted by Crippen LogP contribution is -2.40. The van der Waals surface area contributed by atoms with Gasteiger partial charge in [0.25, 0.3) is 0 Å². The van der Waals surface area contributed by atoms with Crippen molar-refractivity contribution in [3.63, 3.8) is 0 Å². The van der Waals surface area contributed by atoms with Crippen LogP contribution in [-0.4, -0.2) is 35.1 Å². The van der Waals surface area contributed by atoms with Crippen LogP contribution < -0.4 is 5.32 Å². The quantitative estimate of drug-likeness (QED) is 0.828. The largest absolute Gasteiger partial charge is 0.478 e. The number of carboxylic acid groups (broad SMARTS) is 1. The summed E-state index contributed by atoms with van der Waals surface area (Å²) in [6.07, 6.45) is 0.287. The van der Waals surface area contributed by atoms with Crippen LogP contribution in [0.25, 0.3) is 0 Å². The minimum Gasteiger partial charge on any atom is -0.478 e. The lowest BCUT2D eigenvalue weighted by atomic mass is 10.1. The van der Waals surface area contributed by atoms with Crippen LogP contribution in [0.2, 0.25) is 0 Å². The monoisotopic (exact) mass is 275 g/mol. The Morgan fingerprint density at radius 1 is 1.45 bits per heavy atom. The molecule has 20 heavy (non-hydrogen) atoms. The van der Waals surface area contributed by atoms with Crippen molar-refractivity contribution in [2.45, 2.75) is 19.9 Å². The van der Waals surface area contributed by atoms with Gasteiger partial charge in [-0.3, -0.25) is 0 Å². The number of nitrogens with zero attached hydrogens (tertiary/aromatic N) is 2. The van der Waals surface area contributed by atoms with Crippen molar-refractivity contribution in [3.8, 4) is 6.07 Å². The number of aromatic carboxylic acids is 1. The van der Waals surface area contributed by atoms with Crippen molar-refractivity contribution in [3.05, 3.63) is 35.4 Å². The Morgan fingerprint density at radius 2 is 2.20 bits per heavy atom. The summed E-state index contributed by atoms with van der Waals surface area (Å²) in [5.74, 6) is -0.998. The molecule has 106 valence electrons. The highest BCUT2D eigenvalue weighted by Gasteiger charge is 2.10. The van der Waals surface area contributed by atoms with Crippen LogP contribution in [0.3, 0.4) is 0 Å². The summed E-state index contributed by atoms with van der Waals surface area (Å²) in [5, 5.41) is 20.1. The Morgan fingerprint density at radius 3 is 2.80 bits per heavy atom. The highest BCUT2D eigenvalue weighted by molar-refractivity contribution is 5.87. The predicted octanol–water partition coefficient (Wildman–Crippen LogP) is 1.83. The van der Waals surface area contributed by atoms with Crippen molar-refractivity contribution < 1.29 is 14.7 Å². The van der Waals surface area contributed by atoms with Gasteiger partial charge in [-0.25, -0.2) is 9.59 Å². The topological polar surface area (TPSA) is 93.4 Å². The lowest BCUT2D eigenvalue weighted by Gasteiger charge is -2.20. The van der Waals surface area contributed by atoms with Gasteiger partial charge < -0.3 is 15.3 Å². The molecule has 1 rings (SSSR count). The second-order valence-electron chi connectivity index (χ2n) is 4.15. The SMILES string of the molecule is CCN(CCC#N)C(=O)NCc1cccc(C(=O)O)c1. The molecule has 0 aliphatic carbocycles. The summed E-state index contributed by atoms with van der Waals surface area (Å²) in [5.41, 5.74) is 0.906. The van der Waals surface area contributed by atoms with E-state index in [1.165, 1.54) is 17.0 Å². The summed E-state index contributed by atoms with van der Waals surface area (Å²) >= 11 is 0. The van der Waals surface area contributed by atoms with E-state index in [9.17, 15) is 9.59 Å². The van der Waals surface area contributed by atoms with Crippen LogP contribution in [0.5, 0.6) is 0 Å². The fraction of sp³-hybridized carbons (Fsp3) is 0.357. The van der Waals surface area contributed by atoms with Crippen molar-refractivity contribution in [1.29, 1.82) is 5.26 Å². The van der Waals surface area contributed by atoms with Crippen LogP contribution >= 0.6 is 0 Å². The third-order valence-electron chi connectivity index (χ3n) is 2.78. The standard InChI is InChI=1S/C14H17N3O3/c1-2-17(8-4-7-15)14(20)16-10-11-5-3-6-12(9-11)13(18)19/h3,5-6,9H,2,4,8,10H2,1H3,(H,16,20)(H,18,19). The summed E-state index contributed by atoms with van der Waals surface area (Å²) in [6.45, 7) is 2.99. The van der Waals surface area contributed by atoms with E-state index >= 15 is 0 Å². The first-order chi connectivity index (χ1) is 9.58.